The van der Waals surface area contributed by atoms with E-state index in [-0.39, 0.29) is 0 Å². The highest BCUT2D eigenvalue weighted by Gasteiger charge is 2.24. The summed E-state index contributed by atoms with van der Waals surface area (Å²) in [6.45, 7) is 4.53. The molecule has 1 aliphatic heterocycles. The minimum Gasteiger partial charge on any atom is -0.325 e. The number of aromatic nitrogens is 2. The van der Waals surface area contributed by atoms with Gasteiger partial charge in [0, 0.05) is 23.2 Å². The zero-order valence-corrected chi connectivity index (χ0v) is 12.4. The van der Waals surface area contributed by atoms with Gasteiger partial charge in [0.25, 0.3) is 0 Å². The van der Waals surface area contributed by atoms with Gasteiger partial charge in [-0.25, -0.2) is 4.98 Å². The molecule has 3 nitrogen and oxygen atoms in total. The number of hydrogen-bond acceptors (Lipinski definition) is 3. The van der Waals surface area contributed by atoms with Crippen molar-refractivity contribution in [2.75, 3.05) is 0 Å². The van der Waals surface area contributed by atoms with Crippen LogP contribution in [0.25, 0.3) is 0 Å². The monoisotopic (exact) mass is 275 g/mol. The van der Waals surface area contributed by atoms with E-state index >= 15 is 0 Å². The van der Waals surface area contributed by atoms with Crippen LogP contribution in [0.4, 0.5) is 0 Å². The Kier molecular flexibility index (Phi) is 3.71. The van der Waals surface area contributed by atoms with Crippen LogP contribution in [0.2, 0.25) is 0 Å². The molecule has 0 bridgehead atoms. The maximum atomic E-state index is 4.38. The molecule has 3 heterocycles. The lowest BCUT2D eigenvalue weighted by Gasteiger charge is -2.30. The molecule has 0 amide bonds. The molecule has 2 aromatic rings. The van der Waals surface area contributed by atoms with Crippen LogP contribution in [0, 0.1) is 0 Å². The molecule has 3 unspecified atom stereocenters. The predicted octanol–water partition coefficient (Wildman–Crippen LogP) is 3.76. The van der Waals surface area contributed by atoms with Crippen LogP contribution >= 0.6 is 11.3 Å². The Hall–Kier alpha value is -1.13. The number of thiophene rings is 1. The molecule has 102 valence electrons. The Morgan fingerprint density at radius 3 is 3.11 bits per heavy atom. The fourth-order valence-corrected chi connectivity index (χ4v) is 3.73. The topological polar surface area (TPSA) is 29.9 Å². The molecule has 4 heteroatoms. The van der Waals surface area contributed by atoms with Crippen molar-refractivity contribution in [3.8, 4) is 0 Å². The van der Waals surface area contributed by atoms with E-state index in [1.54, 1.807) is 0 Å². The van der Waals surface area contributed by atoms with Crippen molar-refractivity contribution >= 4 is 11.3 Å². The lowest BCUT2D eigenvalue weighted by molar-refractivity contribution is 0.327. The predicted molar refractivity (Wildman–Crippen MR) is 79.5 cm³/mol. The van der Waals surface area contributed by atoms with E-state index in [9.17, 15) is 0 Å². The molecule has 3 rings (SSSR count). The number of piperidine rings is 1. The molecule has 19 heavy (non-hydrogen) atoms. The summed E-state index contributed by atoms with van der Waals surface area (Å²) in [6, 6.07) is 5.76. The van der Waals surface area contributed by atoms with Gasteiger partial charge in [-0.15, -0.1) is 11.3 Å². The van der Waals surface area contributed by atoms with Crippen LogP contribution in [0.15, 0.2) is 30.0 Å². The second-order valence-electron chi connectivity index (χ2n) is 5.47. The standard InChI is InChI=1S/C15H21N3S/c1-11-5-3-6-13(17-11)14-9-16-10-18(14)12(2)15-7-4-8-19-15/h4,7-13,17H,3,5-6H2,1-2H3. The first kappa shape index (κ1) is 12.9. The van der Waals surface area contributed by atoms with E-state index in [2.05, 4.69) is 46.2 Å². The van der Waals surface area contributed by atoms with Gasteiger partial charge in [0.15, 0.2) is 0 Å². The normalized spacial score (nSPS) is 25.4. The van der Waals surface area contributed by atoms with Crippen molar-refractivity contribution in [1.82, 2.24) is 14.9 Å². The Morgan fingerprint density at radius 1 is 1.47 bits per heavy atom. The average Bonchev–Trinajstić information content (AvgIpc) is 3.09. The summed E-state index contributed by atoms with van der Waals surface area (Å²) in [6.07, 6.45) is 7.80. The number of nitrogens with one attached hydrogen (secondary N) is 1. The Bertz CT molecular complexity index is 517. The van der Waals surface area contributed by atoms with Gasteiger partial charge in [0.2, 0.25) is 0 Å². The van der Waals surface area contributed by atoms with Gasteiger partial charge in [-0.2, -0.15) is 0 Å². The molecule has 0 aromatic carbocycles. The molecule has 0 spiro atoms. The Morgan fingerprint density at radius 2 is 2.37 bits per heavy atom. The fraction of sp³-hybridized carbons (Fsp3) is 0.533. The molecular formula is C15H21N3S. The van der Waals surface area contributed by atoms with Gasteiger partial charge in [0.05, 0.1) is 18.1 Å². The highest BCUT2D eigenvalue weighted by Crippen LogP contribution is 2.30. The van der Waals surface area contributed by atoms with Crippen LogP contribution in [-0.2, 0) is 0 Å². The quantitative estimate of drug-likeness (QED) is 0.924. The van der Waals surface area contributed by atoms with E-state index in [0.29, 0.717) is 18.1 Å². The van der Waals surface area contributed by atoms with Crippen LogP contribution in [0.5, 0.6) is 0 Å². The summed E-state index contributed by atoms with van der Waals surface area (Å²) in [7, 11) is 0. The van der Waals surface area contributed by atoms with Crippen LogP contribution in [0.1, 0.15) is 55.8 Å². The summed E-state index contributed by atoms with van der Waals surface area (Å²) in [4.78, 5) is 5.77. The van der Waals surface area contributed by atoms with Gasteiger partial charge in [0.1, 0.15) is 0 Å². The van der Waals surface area contributed by atoms with E-state index < -0.39 is 0 Å². The molecule has 2 aromatic heterocycles. The zero-order chi connectivity index (χ0) is 13.2. The van der Waals surface area contributed by atoms with Crippen LogP contribution in [-0.4, -0.2) is 15.6 Å². The third-order valence-electron chi connectivity index (χ3n) is 4.04. The molecule has 1 saturated heterocycles. The second-order valence-corrected chi connectivity index (χ2v) is 6.45. The molecule has 0 radical (unpaired) electrons. The van der Waals surface area contributed by atoms with E-state index in [1.165, 1.54) is 29.8 Å². The SMILES string of the molecule is CC1CCCC(c2cncn2C(C)c2cccs2)N1. The van der Waals surface area contributed by atoms with Gasteiger partial charge in [-0.05, 0) is 44.6 Å². The van der Waals surface area contributed by atoms with Gasteiger partial charge in [-0.3, -0.25) is 0 Å². The summed E-state index contributed by atoms with van der Waals surface area (Å²) in [5, 5.41) is 5.84. The molecule has 1 aliphatic rings. The summed E-state index contributed by atoms with van der Waals surface area (Å²) >= 11 is 1.82. The fourth-order valence-electron chi connectivity index (χ4n) is 2.95. The molecular weight excluding hydrogens is 254 g/mol. The summed E-state index contributed by atoms with van der Waals surface area (Å²) in [5.74, 6) is 0. The first-order valence-corrected chi connectivity index (χ1v) is 7.95. The van der Waals surface area contributed by atoms with Gasteiger partial charge >= 0.3 is 0 Å². The maximum Gasteiger partial charge on any atom is 0.0954 e. The highest BCUT2D eigenvalue weighted by molar-refractivity contribution is 7.10. The number of nitrogens with zero attached hydrogens (tertiary/aromatic N) is 2. The Labute approximate surface area is 118 Å². The molecule has 1 N–H and O–H groups in total. The van der Waals surface area contributed by atoms with Crippen molar-refractivity contribution in [3.05, 3.63) is 40.6 Å². The third-order valence-corrected chi connectivity index (χ3v) is 5.08. The largest absolute Gasteiger partial charge is 0.325 e. The minimum absolute atomic E-state index is 0.372. The number of rotatable bonds is 3. The Balaban J connectivity index is 1.85. The van der Waals surface area contributed by atoms with Gasteiger partial charge in [-0.1, -0.05) is 6.07 Å². The van der Waals surface area contributed by atoms with Crippen molar-refractivity contribution in [3.63, 3.8) is 0 Å². The van der Waals surface area contributed by atoms with Crippen molar-refractivity contribution in [2.45, 2.75) is 51.2 Å². The molecule has 3 atom stereocenters. The van der Waals surface area contributed by atoms with Crippen molar-refractivity contribution in [2.24, 2.45) is 0 Å². The van der Waals surface area contributed by atoms with E-state index in [1.807, 2.05) is 23.9 Å². The van der Waals surface area contributed by atoms with Crippen LogP contribution < -0.4 is 5.32 Å². The third kappa shape index (κ3) is 2.60. The summed E-state index contributed by atoms with van der Waals surface area (Å²) < 4.78 is 2.32. The lowest BCUT2D eigenvalue weighted by atomic mass is 9.97. The lowest BCUT2D eigenvalue weighted by Crippen LogP contribution is -2.35. The van der Waals surface area contributed by atoms with Crippen molar-refractivity contribution in [1.29, 1.82) is 0 Å². The molecule has 1 fully saturated rings. The summed E-state index contributed by atoms with van der Waals surface area (Å²) in [5.41, 5.74) is 1.33. The van der Waals surface area contributed by atoms with E-state index in [4.69, 9.17) is 0 Å². The zero-order valence-electron chi connectivity index (χ0n) is 11.5. The maximum absolute atomic E-state index is 4.38. The number of imidazole rings is 1. The highest BCUT2D eigenvalue weighted by atomic mass is 32.1. The van der Waals surface area contributed by atoms with Gasteiger partial charge < -0.3 is 9.88 Å². The smallest absolute Gasteiger partial charge is 0.0954 e. The minimum atomic E-state index is 0.372. The second kappa shape index (κ2) is 5.47. The first-order valence-electron chi connectivity index (χ1n) is 7.07. The number of hydrogen-bond donors (Lipinski definition) is 1. The average molecular weight is 275 g/mol. The van der Waals surface area contributed by atoms with E-state index in [0.717, 1.165) is 0 Å². The van der Waals surface area contributed by atoms with Crippen LogP contribution in [0.3, 0.4) is 0 Å². The van der Waals surface area contributed by atoms with Crippen molar-refractivity contribution < 1.29 is 0 Å². The molecule has 0 aliphatic carbocycles. The first-order chi connectivity index (χ1) is 9.25. The molecule has 0 saturated carbocycles.